The third kappa shape index (κ3) is 2.34. The van der Waals surface area contributed by atoms with Gasteiger partial charge in [-0.3, -0.25) is 9.78 Å². The number of benzene rings is 2. The van der Waals surface area contributed by atoms with Crippen molar-refractivity contribution in [1.82, 2.24) is 9.55 Å². The van der Waals surface area contributed by atoms with Crippen molar-refractivity contribution in [1.29, 1.82) is 0 Å². The number of anilines is 1. The molecule has 0 fully saturated rings. The Morgan fingerprint density at radius 3 is 2.70 bits per heavy atom. The van der Waals surface area contributed by atoms with Crippen LogP contribution in [-0.2, 0) is 7.05 Å². The lowest BCUT2D eigenvalue weighted by molar-refractivity contribution is 0.102. The zero-order chi connectivity index (χ0) is 15.8. The number of para-hydroxylation sites is 1. The van der Waals surface area contributed by atoms with Gasteiger partial charge in [0.05, 0.1) is 5.52 Å². The van der Waals surface area contributed by atoms with Crippen molar-refractivity contribution in [3.05, 3.63) is 72.6 Å². The molecule has 23 heavy (non-hydrogen) atoms. The molecule has 2 aromatic carbocycles. The van der Waals surface area contributed by atoms with Crippen molar-refractivity contribution in [2.24, 2.45) is 7.05 Å². The van der Waals surface area contributed by atoms with E-state index in [1.54, 1.807) is 6.20 Å². The van der Waals surface area contributed by atoms with Crippen LogP contribution in [0.5, 0.6) is 0 Å². The molecular formula is C19H15N3O. The quantitative estimate of drug-likeness (QED) is 0.609. The van der Waals surface area contributed by atoms with Gasteiger partial charge in [-0.25, -0.2) is 0 Å². The Bertz CT molecular complexity index is 1030. The van der Waals surface area contributed by atoms with Gasteiger partial charge in [-0.05, 0) is 30.3 Å². The molecule has 0 aliphatic heterocycles. The van der Waals surface area contributed by atoms with E-state index in [0.29, 0.717) is 5.69 Å². The monoisotopic (exact) mass is 301 g/mol. The highest BCUT2D eigenvalue weighted by atomic mass is 16.1. The van der Waals surface area contributed by atoms with E-state index in [-0.39, 0.29) is 5.91 Å². The number of carbonyl (C=O) groups excluding carboxylic acids is 1. The molecule has 1 amide bonds. The Kier molecular flexibility index (Phi) is 3.08. The second kappa shape index (κ2) is 5.25. The third-order valence-corrected chi connectivity index (χ3v) is 4.05. The molecule has 4 nitrogen and oxygen atoms in total. The molecule has 4 aromatic rings. The van der Waals surface area contributed by atoms with Crippen LogP contribution in [0, 0.1) is 0 Å². The van der Waals surface area contributed by atoms with Crippen LogP contribution in [-0.4, -0.2) is 15.5 Å². The molecule has 0 aliphatic carbocycles. The molecule has 0 radical (unpaired) electrons. The average molecular weight is 301 g/mol. The van der Waals surface area contributed by atoms with Crippen LogP contribution in [0.4, 0.5) is 5.69 Å². The largest absolute Gasteiger partial charge is 0.340 e. The Hall–Kier alpha value is -3.14. The predicted octanol–water partition coefficient (Wildman–Crippen LogP) is 3.98. The first kappa shape index (κ1) is 13.5. The highest BCUT2D eigenvalue weighted by Crippen LogP contribution is 2.21. The van der Waals surface area contributed by atoms with Crippen molar-refractivity contribution in [2.45, 2.75) is 0 Å². The fourth-order valence-electron chi connectivity index (χ4n) is 2.85. The normalized spacial score (nSPS) is 11.0. The SMILES string of the molecule is Cn1c(C(=O)Nc2ccc3cccnc3c2)cc2ccccc21. The molecule has 1 N–H and O–H groups in total. The molecule has 2 heterocycles. The van der Waals surface area contributed by atoms with Gasteiger partial charge in [0.1, 0.15) is 5.69 Å². The fourth-order valence-corrected chi connectivity index (χ4v) is 2.85. The Morgan fingerprint density at radius 1 is 1.00 bits per heavy atom. The maximum atomic E-state index is 12.6. The number of aryl methyl sites for hydroxylation is 1. The maximum absolute atomic E-state index is 12.6. The van der Waals surface area contributed by atoms with Gasteiger partial charge < -0.3 is 9.88 Å². The lowest BCUT2D eigenvalue weighted by Crippen LogP contribution is -2.15. The summed E-state index contributed by atoms with van der Waals surface area (Å²) in [4.78, 5) is 16.9. The number of aromatic nitrogens is 2. The maximum Gasteiger partial charge on any atom is 0.272 e. The molecule has 0 unspecified atom stereocenters. The molecule has 0 saturated carbocycles. The molecule has 112 valence electrons. The van der Waals surface area contributed by atoms with Gasteiger partial charge in [0.25, 0.3) is 5.91 Å². The zero-order valence-electron chi connectivity index (χ0n) is 12.7. The van der Waals surface area contributed by atoms with E-state index in [1.807, 2.05) is 72.3 Å². The first-order chi connectivity index (χ1) is 11.2. The minimum absolute atomic E-state index is 0.126. The van der Waals surface area contributed by atoms with Crippen LogP contribution in [0.25, 0.3) is 21.8 Å². The average Bonchev–Trinajstić information content (AvgIpc) is 2.92. The van der Waals surface area contributed by atoms with Crippen molar-refractivity contribution in [2.75, 3.05) is 5.32 Å². The van der Waals surface area contributed by atoms with Crippen LogP contribution < -0.4 is 5.32 Å². The molecule has 0 saturated heterocycles. The fraction of sp³-hybridized carbons (Fsp3) is 0.0526. The number of hydrogen-bond acceptors (Lipinski definition) is 2. The Labute approximate surface area is 133 Å². The van der Waals surface area contributed by atoms with E-state index < -0.39 is 0 Å². The topological polar surface area (TPSA) is 46.9 Å². The van der Waals surface area contributed by atoms with E-state index in [9.17, 15) is 4.79 Å². The molecule has 0 bridgehead atoms. The van der Waals surface area contributed by atoms with E-state index in [2.05, 4.69) is 10.3 Å². The van der Waals surface area contributed by atoms with Gasteiger partial charge in [0.15, 0.2) is 0 Å². The van der Waals surface area contributed by atoms with Crippen LogP contribution in [0.15, 0.2) is 66.9 Å². The summed E-state index contributed by atoms with van der Waals surface area (Å²) in [6.45, 7) is 0. The minimum atomic E-state index is -0.126. The predicted molar refractivity (Wildman–Crippen MR) is 92.6 cm³/mol. The summed E-state index contributed by atoms with van der Waals surface area (Å²) in [7, 11) is 1.90. The first-order valence-electron chi connectivity index (χ1n) is 7.43. The summed E-state index contributed by atoms with van der Waals surface area (Å²) in [6, 6.07) is 19.5. The Morgan fingerprint density at radius 2 is 1.83 bits per heavy atom. The first-order valence-corrected chi connectivity index (χ1v) is 7.43. The smallest absolute Gasteiger partial charge is 0.272 e. The number of fused-ring (bicyclic) bond motifs is 2. The molecule has 0 aliphatic rings. The third-order valence-electron chi connectivity index (χ3n) is 4.05. The molecule has 0 atom stereocenters. The highest BCUT2D eigenvalue weighted by Gasteiger charge is 2.13. The number of amides is 1. The number of carbonyl (C=O) groups is 1. The van der Waals surface area contributed by atoms with Gasteiger partial charge in [-0.15, -0.1) is 0 Å². The van der Waals surface area contributed by atoms with Gasteiger partial charge in [0.2, 0.25) is 0 Å². The number of pyridine rings is 1. The van der Waals surface area contributed by atoms with Crippen LogP contribution in [0.2, 0.25) is 0 Å². The van der Waals surface area contributed by atoms with Crippen molar-refractivity contribution >= 4 is 33.4 Å². The van der Waals surface area contributed by atoms with E-state index in [0.717, 1.165) is 27.5 Å². The summed E-state index contributed by atoms with van der Waals surface area (Å²) in [6.07, 6.45) is 1.75. The van der Waals surface area contributed by atoms with Crippen LogP contribution in [0.3, 0.4) is 0 Å². The van der Waals surface area contributed by atoms with E-state index in [1.165, 1.54) is 0 Å². The second-order valence-corrected chi connectivity index (χ2v) is 5.51. The van der Waals surface area contributed by atoms with Gasteiger partial charge in [-0.1, -0.05) is 30.3 Å². The Balaban J connectivity index is 1.69. The lowest BCUT2D eigenvalue weighted by Gasteiger charge is -2.07. The highest BCUT2D eigenvalue weighted by molar-refractivity contribution is 6.07. The van der Waals surface area contributed by atoms with Crippen LogP contribution in [0.1, 0.15) is 10.5 Å². The number of rotatable bonds is 2. The summed E-state index contributed by atoms with van der Waals surface area (Å²) in [5.74, 6) is -0.126. The molecule has 4 rings (SSSR count). The van der Waals surface area contributed by atoms with Crippen molar-refractivity contribution < 1.29 is 4.79 Å². The molecule has 4 heteroatoms. The molecule has 2 aromatic heterocycles. The van der Waals surface area contributed by atoms with Gasteiger partial charge >= 0.3 is 0 Å². The zero-order valence-corrected chi connectivity index (χ0v) is 12.7. The summed E-state index contributed by atoms with van der Waals surface area (Å²) in [5, 5.41) is 5.06. The van der Waals surface area contributed by atoms with Crippen LogP contribution >= 0.6 is 0 Å². The second-order valence-electron chi connectivity index (χ2n) is 5.51. The summed E-state index contributed by atoms with van der Waals surface area (Å²) in [5.41, 5.74) is 3.28. The standard InChI is InChI=1S/C19H15N3O/c1-22-17-7-3-2-5-14(17)11-18(22)19(23)21-15-9-8-13-6-4-10-20-16(13)12-15/h2-12H,1H3,(H,21,23). The summed E-state index contributed by atoms with van der Waals surface area (Å²) >= 11 is 0. The summed E-state index contributed by atoms with van der Waals surface area (Å²) < 4.78 is 1.91. The van der Waals surface area contributed by atoms with Gasteiger partial charge in [0, 0.05) is 35.2 Å². The lowest BCUT2D eigenvalue weighted by atomic mass is 10.2. The number of nitrogens with zero attached hydrogens (tertiary/aromatic N) is 2. The molecular weight excluding hydrogens is 286 g/mol. The van der Waals surface area contributed by atoms with E-state index >= 15 is 0 Å². The van der Waals surface area contributed by atoms with Gasteiger partial charge in [-0.2, -0.15) is 0 Å². The molecule has 0 spiro atoms. The number of hydrogen-bond donors (Lipinski definition) is 1. The minimum Gasteiger partial charge on any atom is -0.340 e. The van der Waals surface area contributed by atoms with E-state index in [4.69, 9.17) is 0 Å². The number of nitrogens with one attached hydrogen (secondary N) is 1. The van der Waals surface area contributed by atoms with Crippen molar-refractivity contribution in [3.63, 3.8) is 0 Å². The van der Waals surface area contributed by atoms with Crippen molar-refractivity contribution in [3.8, 4) is 0 Å².